The predicted molar refractivity (Wildman–Crippen MR) is 99.8 cm³/mol. The number of fused-ring (bicyclic) bond motifs is 1. The number of aliphatic carboxylic acids is 1. The summed E-state index contributed by atoms with van der Waals surface area (Å²) in [5.41, 5.74) is 1.05. The molecule has 0 bridgehead atoms. The molecule has 0 saturated carbocycles. The van der Waals surface area contributed by atoms with Gasteiger partial charge < -0.3 is 10.0 Å². The Kier molecular flexibility index (Phi) is 4.87. The number of benzene rings is 1. The van der Waals surface area contributed by atoms with Crippen LogP contribution < -0.4 is 4.90 Å². The fourth-order valence-corrected chi connectivity index (χ4v) is 3.27. The summed E-state index contributed by atoms with van der Waals surface area (Å²) in [4.78, 5) is 25.6. The summed E-state index contributed by atoms with van der Waals surface area (Å²) in [5, 5.41) is 9.56. The maximum atomic E-state index is 14.3. The summed E-state index contributed by atoms with van der Waals surface area (Å²) >= 11 is 0. The second-order valence-electron chi connectivity index (χ2n) is 6.64. The number of rotatable bonds is 4. The van der Waals surface area contributed by atoms with Crippen molar-refractivity contribution in [2.45, 2.75) is 12.8 Å². The molecular formula is C20H15F3N4O2. The Morgan fingerprint density at radius 1 is 1.14 bits per heavy atom. The molecule has 0 aliphatic carbocycles. The van der Waals surface area contributed by atoms with Crippen LogP contribution in [0.5, 0.6) is 0 Å². The molecule has 6 nitrogen and oxygen atoms in total. The Balaban J connectivity index is 1.80. The highest BCUT2D eigenvalue weighted by Gasteiger charge is 2.21. The normalized spacial score (nSPS) is 14.2. The smallest absolute Gasteiger partial charge is 0.307 e. The standard InChI is InChI=1S/C20H15F3N4O2/c21-14-9-16(23)15(22)8-12(14)19-25-17-1-4-24-10-13(17)20(26-19)27-5-2-11(3-6-27)7-18(28)29/h1-2,4,8-10H,3,5-7H2,(H,28,29). The highest BCUT2D eigenvalue weighted by Crippen LogP contribution is 2.30. The van der Waals surface area contributed by atoms with E-state index < -0.39 is 23.4 Å². The van der Waals surface area contributed by atoms with Crippen LogP contribution in [-0.4, -0.2) is 39.1 Å². The van der Waals surface area contributed by atoms with Crippen LogP contribution in [0, 0.1) is 17.5 Å². The van der Waals surface area contributed by atoms with Crippen LogP contribution in [0.25, 0.3) is 22.3 Å². The third-order valence-electron chi connectivity index (χ3n) is 4.71. The molecule has 0 spiro atoms. The van der Waals surface area contributed by atoms with Crippen molar-refractivity contribution in [3.8, 4) is 11.4 Å². The Morgan fingerprint density at radius 3 is 2.66 bits per heavy atom. The van der Waals surface area contributed by atoms with E-state index in [-0.39, 0.29) is 17.8 Å². The van der Waals surface area contributed by atoms with Crippen LogP contribution >= 0.6 is 0 Å². The first-order valence-electron chi connectivity index (χ1n) is 8.83. The van der Waals surface area contributed by atoms with Gasteiger partial charge in [0.05, 0.1) is 22.9 Å². The SMILES string of the molecule is O=C(O)CC1=CCN(c2nc(-c3cc(F)c(F)cc3F)nc3ccncc23)CC1. The molecule has 0 atom stereocenters. The van der Waals surface area contributed by atoms with Gasteiger partial charge in [-0.2, -0.15) is 0 Å². The van der Waals surface area contributed by atoms with Gasteiger partial charge in [0.25, 0.3) is 0 Å². The quantitative estimate of drug-likeness (QED) is 0.531. The summed E-state index contributed by atoms with van der Waals surface area (Å²) in [6.45, 7) is 0.906. The largest absolute Gasteiger partial charge is 0.481 e. The zero-order chi connectivity index (χ0) is 20.5. The van der Waals surface area contributed by atoms with E-state index in [0.29, 0.717) is 42.3 Å². The first-order valence-corrected chi connectivity index (χ1v) is 8.83. The molecule has 9 heteroatoms. The van der Waals surface area contributed by atoms with Gasteiger partial charge in [-0.05, 0) is 18.6 Å². The second-order valence-corrected chi connectivity index (χ2v) is 6.64. The number of carbonyl (C=O) groups is 1. The molecule has 3 heterocycles. The Morgan fingerprint density at radius 2 is 1.93 bits per heavy atom. The molecule has 0 fully saturated rings. The van der Waals surface area contributed by atoms with Crippen molar-refractivity contribution >= 4 is 22.7 Å². The van der Waals surface area contributed by atoms with E-state index >= 15 is 0 Å². The summed E-state index contributed by atoms with van der Waals surface area (Å²) in [6.07, 6.45) is 5.43. The first kappa shape index (κ1) is 18.9. The molecule has 3 aromatic rings. The van der Waals surface area contributed by atoms with Gasteiger partial charge in [0.15, 0.2) is 17.5 Å². The third-order valence-corrected chi connectivity index (χ3v) is 4.71. The minimum absolute atomic E-state index is 0.0226. The van der Waals surface area contributed by atoms with Gasteiger partial charge in [-0.25, -0.2) is 23.1 Å². The molecule has 2 aromatic heterocycles. The van der Waals surface area contributed by atoms with Gasteiger partial charge in [-0.15, -0.1) is 0 Å². The van der Waals surface area contributed by atoms with Crippen molar-refractivity contribution in [1.29, 1.82) is 0 Å². The number of carboxylic acid groups (broad SMARTS) is 1. The highest BCUT2D eigenvalue weighted by atomic mass is 19.2. The summed E-state index contributed by atoms with van der Waals surface area (Å²) < 4.78 is 41.3. The van der Waals surface area contributed by atoms with Gasteiger partial charge in [-0.1, -0.05) is 11.6 Å². The number of carboxylic acids is 1. The van der Waals surface area contributed by atoms with E-state index in [1.807, 2.05) is 11.0 Å². The van der Waals surface area contributed by atoms with Crippen LogP contribution in [0.15, 0.2) is 42.2 Å². The molecule has 0 unspecified atom stereocenters. The number of aromatic nitrogens is 3. The molecule has 0 radical (unpaired) electrons. The number of hydrogen-bond donors (Lipinski definition) is 1. The van der Waals surface area contributed by atoms with Gasteiger partial charge in [0.1, 0.15) is 11.6 Å². The maximum Gasteiger partial charge on any atom is 0.307 e. The number of hydrogen-bond acceptors (Lipinski definition) is 5. The van der Waals surface area contributed by atoms with Crippen molar-refractivity contribution in [2.75, 3.05) is 18.0 Å². The fraction of sp³-hybridized carbons (Fsp3) is 0.200. The zero-order valence-electron chi connectivity index (χ0n) is 15.1. The van der Waals surface area contributed by atoms with Crippen LogP contribution in [0.1, 0.15) is 12.8 Å². The van der Waals surface area contributed by atoms with E-state index in [1.54, 1.807) is 12.3 Å². The molecule has 0 saturated heterocycles. The van der Waals surface area contributed by atoms with Crippen molar-refractivity contribution in [3.63, 3.8) is 0 Å². The Hall–Kier alpha value is -3.49. The lowest BCUT2D eigenvalue weighted by Crippen LogP contribution is -2.30. The Labute approximate surface area is 163 Å². The number of halogens is 3. The van der Waals surface area contributed by atoms with E-state index in [0.717, 1.165) is 11.6 Å². The van der Waals surface area contributed by atoms with Gasteiger partial charge >= 0.3 is 5.97 Å². The van der Waals surface area contributed by atoms with Crippen molar-refractivity contribution in [3.05, 3.63) is 59.7 Å². The molecule has 29 heavy (non-hydrogen) atoms. The van der Waals surface area contributed by atoms with Crippen LogP contribution in [0.4, 0.5) is 19.0 Å². The maximum absolute atomic E-state index is 14.3. The predicted octanol–water partition coefficient (Wildman–Crippen LogP) is 3.72. The average molecular weight is 400 g/mol. The van der Waals surface area contributed by atoms with E-state index in [9.17, 15) is 18.0 Å². The molecule has 1 aliphatic heterocycles. The van der Waals surface area contributed by atoms with E-state index in [1.165, 1.54) is 6.20 Å². The molecule has 1 N–H and O–H groups in total. The lowest BCUT2D eigenvalue weighted by atomic mass is 10.0. The molecule has 1 aliphatic rings. The van der Waals surface area contributed by atoms with Gasteiger partial charge in [-0.3, -0.25) is 9.78 Å². The highest BCUT2D eigenvalue weighted by molar-refractivity contribution is 5.90. The number of nitrogens with zero attached hydrogens (tertiary/aromatic N) is 4. The summed E-state index contributed by atoms with van der Waals surface area (Å²) in [6, 6.07) is 2.82. The number of anilines is 1. The molecule has 4 rings (SSSR count). The van der Waals surface area contributed by atoms with Gasteiger partial charge in [0.2, 0.25) is 0 Å². The lowest BCUT2D eigenvalue weighted by Gasteiger charge is -2.28. The zero-order valence-corrected chi connectivity index (χ0v) is 15.1. The van der Waals surface area contributed by atoms with E-state index in [2.05, 4.69) is 15.0 Å². The summed E-state index contributed by atoms with van der Waals surface area (Å²) in [7, 11) is 0. The molecule has 1 aromatic carbocycles. The lowest BCUT2D eigenvalue weighted by molar-refractivity contribution is -0.136. The monoisotopic (exact) mass is 400 g/mol. The Bertz CT molecular complexity index is 1150. The van der Waals surface area contributed by atoms with Crippen molar-refractivity contribution in [2.24, 2.45) is 0 Å². The van der Waals surface area contributed by atoms with Crippen LogP contribution in [0.2, 0.25) is 0 Å². The minimum atomic E-state index is -1.29. The van der Waals surface area contributed by atoms with Crippen molar-refractivity contribution in [1.82, 2.24) is 15.0 Å². The second kappa shape index (κ2) is 7.50. The molecular weight excluding hydrogens is 385 g/mol. The van der Waals surface area contributed by atoms with Crippen molar-refractivity contribution < 1.29 is 23.1 Å². The average Bonchev–Trinajstić information content (AvgIpc) is 2.70. The minimum Gasteiger partial charge on any atom is -0.481 e. The number of pyridine rings is 1. The third kappa shape index (κ3) is 3.75. The summed E-state index contributed by atoms with van der Waals surface area (Å²) in [5.74, 6) is -3.95. The van der Waals surface area contributed by atoms with E-state index in [4.69, 9.17) is 5.11 Å². The van der Waals surface area contributed by atoms with Crippen LogP contribution in [0.3, 0.4) is 0 Å². The molecule has 0 amide bonds. The van der Waals surface area contributed by atoms with Gasteiger partial charge in [0, 0.05) is 31.5 Å². The fourth-order valence-electron chi connectivity index (χ4n) is 3.27. The van der Waals surface area contributed by atoms with Crippen LogP contribution in [-0.2, 0) is 4.79 Å². The first-order chi connectivity index (χ1) is 13.9. The topological polar surface area (TPSA) is 79.2 Å². The molecule has 148 valence electrons.